The van der Waals surface area contributed by atoms with Gasteiger partial charge in [0.2, 0.25) is 0 Å². The maximum absolute atomic E-state index is 3.64. The van der Waals surface area contributed by atoms with Gasteiger partial charge in [0, 0.05) is 31.2 Å². The van der Waals surface area contributed by atoms with Crippen LogP contribution in [-0.4, -0.2) is 36.1 Å². The molecule has 2 aliphatic carbocycles. The predicted molar refractivity (Wildman–Crippen MR) is 72.2 cm³/mol. The summed E-state index contributed by atoms with van der Waals surface area (Å²) in [6, 6.07) is 0.894. The Morgan fingerprint density at radius 1 is 1.00 bits per heavy atom. The molecule has 1 saturated heterocycles. The van der Waals surface area contributed by atoms with Crippen LogP contribution in [0.3, 0.4) is 0 Å². The number of rotatable bonds is 2. The number of hydrogen-bond acceptors (Lipinski definition) is 2. The molecule has 3 aliphatic rings. The van der Waals surface area contributed by atoms with E-state index in [-0.39, 0.29) is 0 Å². The molecule has 0 radical (unpaired) electrons. The monoisotopic (exact) mass is 236 g/mol. The molecular formula is C15H28N2. The van der Waals surface area contributed by atoms with Crippen molar-refractivity contribution in [2.75, 3.05) is 19.6 Å². The lowest BCUT2D eigenvalue weighted by molar-refractivity contribution is 0.0100. The van der Waals surface area contributed by atoms with Crippen LogP contribution in [0, 0.1) is 5.92 Å². The average Bonchev–Trinajstić information content (AvgIpc) is 3.17. The van der Waals surface area contributed by atoms with E-state index in [0.29, 0.717) is 5.54 Å². The summed E-state index contributed by atoms with van der Waals surface area (Å²) in [5.74, 6) is 0.985. The summed E-state index contributed by atoms with van der Waals surface area (Å²) < 4.78 is 0. The molecule has 17 heavy (non-hydrogen) atoms. The van der Waals surface area contributed by atoms with Crippen molar-refractivity contribution < 1.29 is 0 Å². The second kappa shape index (κ2) is 4.89. The topological polar surface area (TPSA) is 15.3 Å². The lowest BCUT2D eigenvalue weighted by Gasteiger charge is -2.50. The number of nitrogens with one attached hydrogen (secondary N) is 1. The van der Waals surface area contributed by atoms with Gasteiger partial charge >= 0.3 is 0 Å². The zero-order chi connectivity index (χ0) is 11.7. The van der Waals surface area contributed by atoms with E-state index in [1.165, 1.54) is 71.0 Å². The molecule has 2 nitrogen and oxygen atoms in total. The first-order valence-corrected chi connectivity index (χ1v) is 7.78. The third-order valence-corrected chi connectivity index (χ3v) is 5.39. The molecule has 0 aromatic carbocycles. The van der Waals surface area contributed by atoms with E-state index in [1.807, 2.05) is 0 Å². The van der Waals surface area contributed by atoms with Crippen LogP contribution in [0.1, 0.15) is 58.3 Å². The Balaban J connectivity index is 1.73. The summed E-state index contributed by atoms with van der Waals surface area (Å²) in [5, 5.41) is 3.64. The van der Waals surface area contributed by atoms with Crippen LogP contribution < -0.4 is 5.32 Å². The minimum absolute atomic E-state index is 0.479. The highest BCUT2D eigenvalue weighted by molar-refractivity contribution is 5.04. The van der Waals surface area contributed by atoms with Gasteiger partial charge in [-0.2, -0.15) is 0 Å². The first kappa shape index (κ1) is 12.0. The average molecular weight is 236 g/mol. The van der Waals surface area contributed by atoms with Gasteiger partial charge < -0.3 is 5.32 Å². The van der Waals surface area contributed by atoms with Crippen LogP contribution in [0.15, 0.2) is 0 Å². The molecule has 1 N–H and O–H groups in total. The molecule has 3 rings (SSSR count). The molecular weight excluding hydrogens is 208 g/mol. The fraction of sp³-hybridized carbons (Fsp3) is 1.00. The van der Waals surface area contributed by atoms with Gasteiger partial charge in [-0.15, -0.1) is 0 Å². The van der Waals surface area contributed by atoms with Crippen LogP contribution in [0.4, 0.5) is 0 Å². The summed E-state index contributed by atoms with van der Waals surface area (Å²) in [5.41, 5.74) is 0.479. The van der Waals surface area contributed by atoms with E-state index >= 15 is 0 Å². The maximum Gasteiger partial charge on any atom is 0.0337 e. The lowest BCUT2D eigenvalue weighted by Crippen LogP contribution is -2.63. The van der Waals surface area contributed by atoms with Crippen molar-refractivity contribution in [3.05, 3.63) is 0 Å². The van der Waals surface area contributed by atoms with Crippen molar-refractivity contribution in [3.63, 3.8) is 0 Å². The maximum atomic E-state index is 3.64. The largest absolute Gasteiger partial charge is 0.314 e. The predicted octanol–water partition coefficient (Wildman–Crippen LogP) is 2.78. The molecule has 1 heterocycles. The first-order valence-electron chi connectivity index (χ1n) is 7.78. The fourth-order valence-electron chi connectivity index (χ4n) is 4.15. The van der Waals surface area contributed by atoms with Crippen LogP contribution in [-0.2, 0) is 0 Å². The van der Waals surface area contributed by atoms with Crippen LogP contribution in [0.25, 0.3) is 0 Å². The van der Waals surface area contributed by atoms with Crippen molar-refractivity contribution in [1.82, 2.24) is 10.2 Å². The molecule has 0 amide bonds. The number of piperazine rings is 1. The quantitative estimate of drug-likeness (QED) is 0.742. The minimum atomic E-state index is 0.479. The van der Waals surface area contributed by atoms with Crippen molar-refractivity contribution in [2.45, 2.75) is 69.9 Å². The first-order chi connectivity index (χ1) is 8.31. The Hall–Kier alpha value is -0.0800. The van der Waals surface area contributed by atoms with Crippen molar-refractivity contribution in [1.29, 1.82) is 0 Å². The number of nitrogens with zero attached hydrogens (tertiary/aromatic N) is 1. The zero-order valence-corrected chi connectivity index (χ0v) is 11.4. The standard InChI is InChI=1S/C15H28N2/c1-15(13-8-9-13)12-16-10-11-17(15)14-6-4-2-3-5-7-14/h13-14,16H,2-12H2,1H3. The molecule has 0 aromatic heterocycles. The van der Waals surface area contributed by atoms with Crippen LogP contribution in [0.2, 0.25) is 0 Å². The van der Waals surface area contributed by atoms with Crippen molar-refractivity contribution >= 4 is 0 Å². The highest BCUT2D eigenvalue weighted by Crippen LogP contribution is 2.45. The molecule has 1 atom stereocenters. The molecule has 2 saturated carbocycles. The van der Waals surface area contributed by atoms with Crippen LogP contribution >= 0.6 is 0 Å². The molecule has 2 heteroatoms. The van der Waals surface area contributed by atoms with E-state index in [2.05, 4.69) is 17.1 Å². The minimum Gasteiger partial charge on any atom is -0.314 e. The second-order valence-corrected chi connectivity index (χ2v) is 6.65. The van der Waals surface area contributed by atoms with Gasteiger partial charge in [-0.25, -0.2) is 0 Å². The Bertz CT molecular complexity index is 254. The molecule has 3 fully saturated rings. The van der Waals surface area contributed by atoms with Crippen molar-refractivity contribution in [3.8, 4) is 0 Å². The zero-order valence-electron chi connectivity index (χ0n) is 11.4. The molecule has 1 unspecified atom stereocenters. The Labute approximate surface area is 106 Å². The normalized spacial score (nSPS) is 37.9. The Morgan fingerprint density at radius 3 is 2.35 bits per heavy atom. The third kappa shape index (κ3) is 2.39. The van der Waals surface area contributed by atoms with Gasteiger partial charge in [0.1, 0.15) is 0 Å². The molecule has 98 valence electrons. The van der Waals surface area contributed by atoms with E-state index < -0.39 is 0 Å². The van der Waals surface area contributed by atoms with E-state index in [9.17, 15) is 0 Å². The number of hydrogen-bond donors (Lipinski definition) is 1. The van der Waals surface area contributed by atoms with Gasteiger partial charge in [-0.3, -0.25) is 4.90 Å². The highest BCUT2D eigenvalue weighted by Gasteiger charge is 2.48. The van der Waals surface area contributed by atoms with E-state index in [4.69, 9.17) is 0 Å². The second-order valence-electron chi connectivity index (χ2n) is 6.65. The summed E-state index contributed by atoms with van der Waals surface area (Å²) in [6.07, 6.45) is 11.8. The summed E-state index contributed by atoms with van der Waals surface area (Å²) >= 11 is 0. The van der Waals surface area contributed by atoms with Gasteiger partial charge in [-0.1, -0.05) is 25.7 Å². The third-order valence-electron chi connectivity index (χ3n) is 5.39. The van der Waals surface area contributed by atoms with Gasteiger partial charge in [-0.05, 0) is 38.5 Å². The summed E-state index contributed by atoms with van der Waals surface area (Å²) in [7, 11) is 0. The lowest BCUT2D eigenvalue weighted by atomic mass is 9.88. The van der Waals surface area contributed by atoms with Gasteiger partial charge in [0.25, 0.3) is 0 Å². The molecule has 1 aliphatic heterocycles. The highest BCUT2D eigenvalue weighted by atomic mass is 15.3. The molecule has 0 bridgehead atoms. The Kier molecular flexibility index (Phi) is 3.45. The molecule has 0 aromatic rings. The van der Waals surface area contributed by atoms with Gasteiger partial charge in [0.15, 0.2) is 0 Å². The Morgan fingerprint density at radius 2 is 1.71 bits per heavy atom. The SMILES string of the molecule is CC1(C2CC2)CNCCN1C1CCCCCC1. The van der Waals surface area contributed by atoms with Gasteiger partial charge in [0.05, 0.1) is 0 Å². The smallest absolute Gasteiger partial charge is 0.0337 e. The van der Waals surface area contributed by atoms with E-state index in [0.717, 1.165) is 12.0 Å². The van der Waals surface area contributed by atoms with E-state index in [1.54, 1.807) is 0 Å². The summed E-state index contributed by atoms with van der Waals surface area (Å²) in [6.45, 7) is 6.26. The van der Waals surface area contributed by atoms with Crippen LogP contribution in [0.5, 0.6) is 0 Å². The summed E-state index contributed by atoms with van der Waals surface area (Å²) in [4.78, 5) is 2.91. The molecule has 0 spiro atoms. The van der Waals surface area contributed by atoms with Crippen molar-refractivity contribution in [2.24, 2.45) is 5.92 Å². The fourth-order valence-corrected chi connectivity index (χ4v) is 4.15.